The topological polar surface area (TPSA) is 84.4 Å². The van der Waals surface area contributed by atoms with Crippen LogP contribution in [0.3, 0.4) is 0 Å². The van der Waals surface area contributed by atoms with Gasteiger partial charge >= 0.3 is 0 Å². The highest BCUT2D eigenvalue weighted by Crippen LogP contribution is 2.32. The van der Waals surface area contributed by atoms with Gasteiger partial charge in [-0.15, -0.1) is 29.7 Å². The zero-order valence-electron chi connectivity index (χ0n) is 20.5. The molecule has 4 rings (SSSR count). The summed E-state index contributed by atoms with van der Waals surface area (Å²) >= 11 is 3.03. The fraction of sp³-hybridized carbons (Fsp3) is 0.333. The molecule has 9 heteroatoms. The molecule has 1 aliphatic rings. The molecule has 2 amide bonds. The number of nitrogens with one attached hydrogen (secondary N) is 1. The minimum Gasteiger partial charge on any atom is -0.497 e. The minimum atomic E-state index is -0.193. The lowest BCUT2D eigenvalue weighted by Crippen LogP contribution is -2.38. The van der Waals surface area contributed by atoms with E-state index in [-0.39, 0.29) is 23.8 Å². The quantitative estimate of drug-likeness (QED) is 0.302. The number of benzene rings is 1. The number of methoxy groups -OCH3 is 1. The smallest absolute Gasteiger partial charge is 0.271 e. The first-order valence-corrected chi connectivity index (χ1v) is 13.7. The Labute approximate surface area is 220 Å². The number of aromatic nitrogens is 2. The van der Waals surface area contributed by atoms with Crippen molar-refractivity contribution in [3.63, 3.8) is 0 Å². The molecule has 1 aliphatic heterocycles. The Hall–Kier alpha value is -3.17. The lowest BCUT2D eigenvalue weighted by atomic mass is 9.97. The first kappa shape index (κ1) is 25.9. The number of amides is 2. The van der Waals surface area contributed by atoms with E-state index >= 15 is 0 Å². The van der Waals surface area contributed by atoms with Crippen molar-refractivity contribution in [2.45, 2.75) is 36.8 Å². The summed E-state index contributed by atoms with van der Waals surface area (Å²) in [7, 11) is 1.62. The average molecular weight is 523 g/mol. The summed E-state index contributed by atoms with van der Waals surface area (Å²) in [6.45, 7) is 6.99. The van der Waals surface area contributed by atoms with Gasteiger partial charge in [0.15, 0.2) is 0 Å². The Morgan fingerprint density at radius 2 is 2.11 bits per heavy atom. The van der Waals surface area contributed by atoms with Gasteiger partial charge in [-0.2, -0.15) is 0 Å². The summed E-state index contributed by atoms with van der Waals surface area (Å²) in [5, 5.41) is 6.53. The number of thioether (sulfide) groups is 1. The summed E-state index contributed by atoms with van der Waals surface area (Å²) in [4.78, 5) is 36.9. The van der Waals surface area contributed by atoms with Gasteiger partial charge in [0.2, 0.25) is 0 Å². The lowest BCUT2D eigenvalue weighted by molar-refractivity contribution is 0.0708. The van der Waals surface area contributed by atoms with Crippen LogP contribution in [0.1, 0.15) is 63.1 Å². The van der Waals surface area contributed by atoms with E-state index in [4.69, 9.17) is 4.74 Å². The van der Waals surface area contributed by atoms with Gasteiger partial charge in [0.25, 0.3) is 11.8 Å². The van der Waals surface area contributed by atoms with Gasteiger partial charge in [-0.3, -0.25) is 9.59 Å². The predicted octanol–water partition coefficient (Wildman–Crippen LogP) is 5.34. The number of hydrogen-bond acceptors (Lipinski definition) is 7. The molecule has 188 valence electrons. The summed E-state index contributed by atoms with van der Waals surface area (Å²) in [5.41, 5.74) is 2.04. The Morgan fingerprint density at radius 3 is 2.86 bits per heavy atom. The van der Waals surface area contributed by atoms with Crippen LogP contribution in [0, 0.1) is 0 Å². The third kappa shape index (κ3) is 6.14. The molecule has 1 saturated heterocycles. The number of rotatable bonds is 9. The molecule has 1 aromatic carbocycles. The monoisotopic (exact) mass is 522 g/mol. The van der Waals surface area contributed by atoms with Gasteiger partial charge < -0.3 is 15.0 Å². The second-order valence-electron chi connectivity index (χ2n) is 8.57. The molecule has 3 aromatic rings. The minimum absolute atomic E-state index is 0.0128. The predicted molar refractivity (Wildman–Crippen MR) is 144 cm³/mol. The van der Waals surface area contributed by atoms with Crippen molar-refractivity contribution in [1.82, 2.24) is 20.2 Å². The van der Waals surface area contributed by atoms with Crippen molar-refractivity contribution in [1.29, 1.82) is 0 Å². The van der Waals surface area contributed by atoms with Crippen LogP contribution in [-0.2, 0) is 0 Å². The zero-order valence-corrected chi connectivity index (χ0v) is 22.1. The maximum atomic E-state index is 13.2. The van der Waals surface area contributed by atoms with Crippen molar-refractivity contribution in [3.05, 3.63) is 82.5 Å². The van der Waals surface area contributed by atoms with Crippen molar-refractivity contribution in [2.75, 3.05) is 26.0 Å². The van der Waals surface area contributed by atoms with Crippen molar-refractivity contribution >= 4 is 34.9 Å². The molecule has 1 unspecified atom stereocenters. The van der Waals surface area contributed by atoms with E-state index in [1.165, 1.54) is 23.1 Å². The summed E-state index contributed by atoms with van der Waals surface area (Å²) in [5.74, 6) is 1.52. The van der Waals surface area contributed by atoms with E-state index in [1.54, 1.807) is 25.4 Å². The van der Waals surface area contributed by atoms with E-state index in [0.717, 1.165) is 34.2 Å². The Balaban J connectivity index is 1.34. The molecule has 3 heterocycles. The number of thiazole rings is 1. The van der Waals surface area contributed by atoms with E-state index in [9.17, 15) is 9.59 Å². The Morgan fingerprint density at radius 1 is 1.31 bits per heavy atom. The first-order valence-electron chi connectivity index (χ1n) is 11.9. The van der Waals surface area contributed by atoms with Crippen LogP contribution in [0.15, 0.2) is 65.7 Å². The highest BCUT2D eigenvalue weighted by molar-refractivity contribution is 7.99. The van der Waals surface area contributed by atoms with Gasteiger partial charge in [0.05, 0.1) is 23.7 Å². The average Bonchev–Trinajstić information content (AvgIpc) is 3.42. The fourth-order valence-corrected chi connectivity index (χ4v) is 5.84. The van der Waals surface area contributed by atoms with Gasteiger partial charge in [-0.05, 0) is 49.6 Å². The van der Waals surface area contributed by atoms with Gasteiger partial charge in [0.1, 0.15) is 16.5 Å². The molecular formula is C27H30N4O3S2. The van der Waals surface area contributed by atoms with Crippen LogP contribution in [0.2, 0.25) is 0 Å². The van der Waals surface area contributed by atoms with Crippen LogP contribution in [0.25, 0.3) is 0 Å². The second-order valence-corrected chi connectivity index (χ2v) is 10.5. The number of ether oxygens (including phenoxy) is 1. The number of hydrogen-bond donors (Lipinski definition) is 1. The highest BCUT2D eigenvalue weighted by Gasteiger charge is 2.28. The maximum Gasteiger partial charge on any atom is 0.271 e. The third-order valence-electron chi connectivity index (χ3n) is 6.17. The number of pyridine rings is 1. The molecule has 2 aromatic heterocycles. The van der Waals surface area contributed by atoms with Crippen LogP contribution in [0.5, 0.6) is 5.75 Å². The molecule has 0 bridgehead atoms. The summed E-state index contributed by atoms with van der Waals surface area (Å²) in [6, 6.07) is 11.1. The van der Waals surface area contributed by atoms with Crippen LogP contribution in [0.4, 0.5) is 0 Å². The zero-order chi connectivity index (χ0) is 25.5. The van der Waals surface area contributed by atoms with Crippen LogP contribution in [-0.4, -0.2) is 52.6 Å². The van der Waals surface area contributed by atoms with Crippen molar-refractivity contribution < 1.29 is 14.3 Å². The van der Waals surface area contributed by atoms with E-state index < -0.39 is 0 Å². The Kier molecular flexibility index (Phi) is 8.77. The molecule has 0 radical (unpaired) electrons. The number of piperidine rings is 1. The van der Waals surface area contributed by atoms with E-state index in [0.29, 0.717) is 30.1 Å². The number of carbonyl (C=O) groups excluding carboxylic acids is 2. The van der Waals surface area contributed by atoms with E-state index in [2.05, 4.69) is 21.9 Å². The van der Waals surface area contributed by atoms with Crippen molar-refractivity contribution in [3.8, 4) is 5.75 Å². The highest BCUT2D eigenvalue weighted by atomic mass is 32.2. The molecular weight excluding hydrogens is 492 g/mol. The fourth-order valence-electron chi connectivity index (χ4n) is 4.15. The standard InChI is InChI=1S/C27H30N4O3S2/c1-4-15-35-26-22(9-6-12-28-26)27(33)31-13-10-19(11-14-31)25-30-23(17-36-25)24(32)29-18(2)20-7-5-8-21(16-20)34-3/h4-9,12,16-19H,1,10-11,13-15H2,2-3H3,(H,29,32). The molecule has 0 spiro atoms. The van der Waals surface area contributed by atoms with Gasteiger partial charge in [-0.1, -0.05) is 18.2 Å². The Bertz CT molecular complexity index is 1220. The van der Waals surface area contributed by atoms with Crippen molar-refractivity contribution in [2.24, 2.45) is 0 Å². The summed E-state index contributed by atoms with van der Waals surface area (Å²) < 4.78 is 5.28. The normalized spacial score (nSPS) is 14.8. The SMILES string of the molecule is C=CCSc1ncccc1C(=O)N1CCC(c2nc(C(=O)NC(C)c3cccc(OC)c3)cs2)CC1. The number of carbonyl (C=O) groups is 2. The molecule has 0 aliphatic carbocycles. The third-order valence-corrected chi connectivity index (χ3v) is 8.18. The largest absolute Gasteiger partial charge is 0.497 e. The summed E-state index contributed by atoms with van der Waals surface area (Å²) in [6.07, 6.45) is 5.15. The molecule has 1 fully saturated rings. The van der Waals surface area contributed by atoms with Crippen LogP contribution >= 0.6 is 23.1 Å². The lowest BCUT2D eigenvalue weighted by Gasteiger charge is -2.31. The number of nitrogens with zero attached hydrogens (tertiary/aromatic N) is 3. The maximum absolute atomic E-state index is 13.2. The van der Waals surface area contributed by atoms with Gasteiger partial charge in [-0.25, -0.2) is 9.97 Å². The second kappa shape index (κ2) is 12.2. The van der Waals surface area contributed by atoms with Crippen LogP contribution < -0.4 is 10.1 Å². The van der Waals surface area contributed by atoms with E-state index in [1.807, 2.05) is 47.5 Å². The molecule has 1 N–H and O–H groups in total. The molecule has 0 saturated carbocycles. The molecule has 7 nitrogen and oxygen atoms in total. The number of likely N-dealkylation sites (tertiary alicyclic amines) is 1. The first-order chi connectivity index (χ1) is 17.5. The molecule has 36 heavy (non-hydrogen) atoms. The molecule has 1 atom stereocenters. The van der Waals surface area contributed by atoms with Gasteiger partial charge in [0, 0.05) is 36.3 Å².